The van der Waals surface area contributed by atoms with Crippen LogP contribution in [0.5, 0.6) is 5.75 Å². The van der Waals surface area contributed by atoms with E-state index in [0.29, 0.717) is 24.8 Å². The monoisotopic (exact) mass is 233 g/mol. The van der Waals surface area contributed by atoms with Crippen LogP contribution in [0.4, 0.5) is 11.6 Å². The van der Waals surface area contributed by atoms with Crippen molar-refractivity contribution in [1.82, 2.24) is 15.2 Å². The van der Waals surface area contributed by atoms with E-state index >= 15 is 0 Å². The minimum absolute atomic E-state index is 0.555. The van der Waals surface area contributed by atoms with Gasteiger partial charge in [0.1, 0.15) is 5.82 Å². The number of nitrogens with two attached hydrogens (primary N) is 1. The summed E-state index contributed by atoms with van der Waals surface area (Å²) in [5.74, 6) is 2.00. The molecule has 0 saturated heterocycles. The first-order chi connectivity index (χ1) is 8.31. The second-order valence-electron chi connectivity index (χ2n) is 3.45. The number of H-pyrrole nitrogens is 1. The SMILES string of the molecule is CCOc1cccnc1NCc1cn[nH]c1N. The predicted octanol–water partition coefficient (Wildman–Crippen LogP) is 1.40. The highest BCUT2D eigenvalue weighted by Gasteiger charge is 2.05. The number of anilines is 2. The lowest BCUT2D eigenvalue weighted by Crippen LogP contribution is -2.05. The number of pyridine rings is 1. The highest BCUT2D eigenvalue weighted by atomic mass is 16.5. The lowest BCUT2D eigenvalue weighted by molar-refractivity contribution is 0.340. The van der Waals surface area contributed by atoms with Gasteiger partial charge in [-0.05, 0) is 19.1 Å². The van der Waals surface area contributed by atoms with Gasteiger partial charge in [0.2, 0.25) is 0 Å². The van der Waals surface area contributed by atoms with Crippen molar-refractivity contribution in [2.24, 2.45) is 0 Å². The second-order valence-corrected chi connectivity index (χ2v) is 3.45. The van der Waals surface area contributed by atoms with Gasteiger partial charge in [0, 0.05) is 18.3 Å². The molecular formula is C11H15N5O. The molecule has 0 unspecified atom stereocenters. The summed E-state index contributed by atoms with van der Waals surface area (Å²) in [7, 11) is 0. The van der Waals surface area contributed by atoms with Gasteiger partial charge >= 0.3 is 0 Å². The summed E-state index contributed by atoms with van der Waals surface area (Å²) in [6, 6.07) is 3.71. The van der Waals surface area contributed by atoms with Crippen LogP contribution in [0.25, 0.3) is 0 Å². The number of aromatic amines is 1. The summed E-state index contributed by atoms with van der Waals surface area (Å²) < 4.78 is 5.46. The Morgan fingerprint density at radius 2 is 2.41 bits per heavy atom. The highest BCUT2D eigenvalue weighted by molar-refractivity contribution is 5.51. The lowest BCUT2D eigenvalue weighted by atomic mass is 10.3. The Hall–Kier alpha value is -2.24. The average molecular weight is 233 g/mol. The van der Waals surface area contributed by atoms with Crippen LogP contribution in [0.15, 0.2) is 24.5 Å². The molecule has 0 atom stereocenters. The normalized spacial score (nSPS) is 10.2. The van der Waals surface area contributed by atoms with E-state index in [2.05, 4.69) is 20.5 Å². The summed E-state index contributed by atoms with van der Waals surface area (Å²) in [5.41, 5.74) is 6.59. The van der Waals surface area contributed by atoms with E-state index in [-0.39, 0.29) is 0 Å². The zero-order valence-electron chi connectivity index (χ0n) is 9.60. The Labute approximate surface area is 99.2 Å². The van der Waals surface area contributed by atoms with Crippen molar-refractivity contribution in [2.75, 3.05) is 17.7 Å². The smallest absolute Gasteiger partial charge is 0.169 e. The molecule has 0 fully saturated rings. The maximum Gasteiger partial charge on any atom is 0.169 e. The fourth-order valence-corrected chi connectivity index (χ4v) is 1.44. The summed E-state index contributed by atoms with van der Waals surface area (Å²) in [5, 5.41) is 9.70. The molecule has 0 aromatic carbocycles. The Morgan fingerprint density at radius 1 is 1.53 bits per heavy atom. The van der Waals surface area contributed by atoms with Gasteiger partial charge in [-0.15, -0.1) is 0 Å². The van der Waals surface area contributed by atoms with E-state index in [0.717, 1.165) is 11.3 Å². The first-order valence-electron chi connectivity index (χ1n) is 5.40. The molecule has 0 aliphatic rings. The fourth-order valence-electron chi connectivity index (χ4n) is 1.44. The topological polar surface area (TPSA) is 88.8 Å². The molecule has 0 aliphatic carbocycles. The number of nitrogen functional groups attached to an aromatic ring is 1. The number of nitrogens with zero attached hydrogens (tertiary/aromatic N) is 2. The molecule has 17 heavy (non-hydrogen) atoms. The number of hydrogen-bond donors (Lipinski definition) is 3. The Kier molecular flexibility index (Phi) is 3.44. The standard InChI is InChI=1S/C11H15N5O/c1-2-17-9-4-3-5-13-11(9)14-6-8-7-15-16-10(8)12/h3-5,7H,2,6H2,1H3,(H,13,14)(H3,12,15,16). The molecule has 2 aromatic heterocycles. The number of nitrogens with one attached hydrogen (secondary N) is 2. The lowest BCUT2D eigenvalue weighted by Gasteiger charge is -2.10. The van der Waals surface area contributed by atoms with Crippen molar-refractivity contribution in [3.63, 3.8) is 0 Å². The number of ether oxygens (including phenoxy) is 1. The first-order valence-corrected chi connectivity index (χ1v) is 5.40. The van der Waals surface area contributed by atoms with Crippen molar-refractivity contribution in [1.29, 1.82) is 0 Å². The Morgan fingerprint density at radius 3 is 3.12 bits per heavy atom. The molecule has 0 spiro atoms. The van der Waals surface area contributed by atoms with Gasteiger partial charge in [-0.2, -0.15) is 5.10 Å². The quantitative estimate of drug-likeness (QED) is 0.726. The number of rotatable bonds is 5. The number of aromatic nitrogens is 3. The zero-order valence-corrected chi connectivity index (χ0v) is 9.60. The van der Waals surface area contributed by atoms with Gasteiger partial charge in [-0.3, -0.25) is 5.10 Å². The third kappa shape index (κ3) is 2.66. The molecule has 2 aromatic rings. The molecule has 0 aliphatic heterocycles. The maximum absolute atomic E-state index is 5.69. The summed E-state index contributed by atoms with van der Waals surface area (Å²) in [6.07, 6.45) is 3.40. The van der Waals surface area contributed by atoms with Crippen LogP contribution in [0.1, 0.15) is 12.5 Å². The van der Waals surface area contributed by atoms with Crippen LogP contribution in [0.3, 0.4) is 0 Å². The molecule has 4 N–H and O–H groups in total. The minimum Gasteiger partial charge on any atom is -0.490 e. The molecule has 0 saturated carbocycles. The molecule has 0 amide bonds. The van der Waals surface area contributed by atoms with E-state index in [1.807, 2.05) is 19.1 Å². The minimum atomic E-state index is 0.555. The van der Waals surface area contributed by atoms with E-state index in [1.165, 1.54) is 0 Å². The first kappa shape index (κ1) is 11.3. The van der Waals surface area contributed by atoms with Gasteiger partial charge in [-0.25, -0.2) is 4.98 Å². The van der Waals surface area contributed by atoms with E-state index in [4.69, 9.17) is 10.5 Å². The predicted molar refractivity (Wildman–Crippen MR) is 65.7 cm³/mol. The second kappa shape index (κ2) is 5.20. The van der Waals surface area contributed by atoms with Crippen LogP contribution in [-0.2, 0) is 6.54 Å². The molecule has 0 bridgehead atoms. The van der Waals surface area contributed by atoms with Gasteiger partial charge < -0.3 is 15.8 Å². The molecule has 6 heteroatoms. The third-order valence-electron chi connectivity index (χ3n) is 2.27. The van der Waals surface area contributed by atoms with Crippen LogP contribution < -0.4 is 15.8 Å². The van der Waals surface area contributed by atoms with Gasteiger partial charge in [0.25, 0.3) is 0 Å². The Bertz CT molecular complexity index is 482. The van der Waals surface area contributed by atoms with Gasteiger partial charge in [0.15, 0.2) is 11.6 Å². The van der Waals surface area contributed by atoms with Gasteiger partial charge in [0.05, 0.1) is 12.8 Å². The van der Waals surface area contributed by atoms with Crippen LogP contribution >= 0.6 is 0 Å². The molecule has 6 nitrogen and oxygen atoms in total. The van der Waals surface area contributed by atoms with Crippen LogP contribution in [0.2, 0.25) is 0 Å². The number of hydrogen-bond acceptors (Lipinski definition) is 5. The molecule has 0 radical (unpaired) electrons. The molecule has 2 rings (SSSR count). The van der Waals surface area contributed by atoms with Crippen molar-refractivity contribution in [3.8, 4) is 5.75 Å². The van der Waals surface area contributed by atoms with Crippen molar-refractivity contribution < 1.29 is 4.74 Å². The summed E-state index contributed by atoms with van der Waals surface area (Å²) >= 11 is 0. The molecule has 2 heterocycles. The largest absolute Gasteiger partial charge is 0.490 e. The zero-order chi connectivity index (χ0) is 12.1. The summed E-state index contributed by atoms with van der Waals surface area (Å²) in [6.45, 7) is 3.10. The van der Waals surface area contributed by atoms with E-state index in [1.54, 1.807) is 12.4 Å². The van der Waals surface area contributed by atoms with Crippen molar-refractivity contribution in [2.45, 2.75) is 13.5 Å². The summed E-state index contributed by atoms with van der Waals surface area (Å²) in [4.78, 5) is 4.22. The average Bonchev–Trinajstić information content (AvgIpc) is 2.74. The highest BCUT2D eigenvalue weighted by Crippen LogP contribution is 2.21. The third-order valence-corrected chi connectivity index (χ3v) is 2.27. The molecular weight excluding hydrogens is 218 g/mol. The van der Waals surface area contributed by atoms with Crippen LogP contribution in [0, 0.1) is 0 Å². The maximum atomic E-state index is 5.69. The van der Waals surface area contributed by atoms with E-state index in [9.17, 15) is 0 Å². The van der Waals surface area contributed by atoms with Gasteiger partial charge in [-0.1, -0.05) is 0 Å². The van der Waals surface area contributed by atoms with Crippen molar-refractivity contribution >= 4 is 11.6 Å². The van der Waals surface area contributed by atoms with Crippen LogP contribution in [-0.4, -0.2) is 21.8 Å². The Balaban J connectivity index is 2.06. The molecule has 90 valence electrons. The van der Waals surface area contributed by atoms with E-state index < -0.39 is 0 Å². The fraction of sp³-hybridized carbons (Fsp3) is 0.273. The van der Waals surface area contributed by atoms with Crippen molar-refractivity contribution in [3.05, 3.63) is 30.1 Å².